The first kappa shape index (κ1) is 17.0. The number of tetrazole rings is 1. The second-order valence-corrected chi connectivity index (χ2v) is 5.02. The van der Waals surface area contributed by atoms with E-state index in [9.17, 15) is 14.0 Å². The fourth-order valence-corrected chi connectivity index (χ4v) is 2.02. The quantitative estimate of drug-likeness (QED) is 0.717. The van der Waals surface area contributed by atoms with E-state index in [-0.39, 0.29) is 5.69 Å². The zero-order valence-corrected chi connectivity index (χ0v) is 13.3. The summed E-state index contributed by atoms with van der Waals surface area (Å²) in [6.45, 7) is -0.399. The van der Waals surface area contributed by atoms with Gasteiger partial charge in [-0.1, -0.05) is 18.2 Å². The van der Waals surface area contributed by atoms with Crippen LogP contribution >= 0.6 is 0 Å². The Labute approximate surface area is 146 Å². The minimum Gasteiger partial charge on any atom is -0.484 e. The molecule has 0 bridgehead atoms. The molecule has 1 aromatic heterocycles. The Morgan fingerprint density at radius 2 is 2.00 bits per heavy atom. The van der Waals surface area contributed by atoms with Crippen LogP contribution in [0.15, 0.2) is 54.9 Å². The lowest BCUT2D eigenvalue weighted by Crippen LogP contribution is -2.37. The highest BCUT2D eigenvalue weighted by molar-refractivity contribution is 6.01. The van der Waals surface area contributed by atoms with Crippen LogP contribution in [0.1, 0.15) is 0 Å². The van der Waals surface area contributed by atoms with Crippen molar-refractivity contribution in [3.8, 4) is 11.4 Å². The standard InChI is InChI=1S/C16H13FN6O3/c17-13-6-1-2-7-14(13)19-16(25)20-15(24)9-26-12-5-3-4-11(8-12)23-10-18-21-22-23/h1-8,10H,9H2,(H2,19,20,24,25). The van der Waals surface area contributed by atoms with E-state index in [1.165, 1.54) is 29.2 Å². The highest BCUT2D eigenvalue weighted by Gasteiger charge is 2.11. The molecule has 0 fully saturated rings. The molecule has 0 spiro atoms. The van der Waals surface area contributed by atoms with Gasteiger partial charge in [-0.2, -0.15) is 0 Å². The summed E-state index contributed by atoms with van der Waals surface area (Å²) in [5, 5.41) is 15.1. The molecule has 0 atom stereocenters. The van der Waals surface area contributed by atoms with Gasteiger partial charge in [0.15, 0.2) is 6.61 Å². The Bertz CT molecular complexity index is 916. The zero-order chi connectivity index (χ0) is 18.4. The second kappa shape index (κ2) is 7.83. The van der Waals surface area contributed by atoms with Crippen LogP contribution in [0.4, 0.5) is 14.9 Å². The molecule has 9 nitrogen and oxygen atoms in total. The van der Waals surface area contributed by atoms with Gasteiger partial charge in [0.1, 0.15) is 17.9 Å². The Morgan fingerprint density at radius 3 is 2.77 bits per heavy atom. The third kappa shape index (κ3) is 4.38. The molecule has 0 unspecified atom stereocenters. The van der Waals surface area contributed by atoms with Gasteiger partial charge in [-0.15, -0.1) is 5.10 Å². The molecule has 0 aliphatic carbocycles. The van der Waals surface area contributed by atoms with Gasteiger partial charge in [0.05, 0.1) is 11.4 Å². The summed E-state index contributed by atoms with van der Waals surface area (Å²) in [5.74, 6) is -0.903. The van der Waals surface area contributed by atoms with Crippen LogP contribution in [0.5, 0.6) is 5.75 Å². The van der Waals surface area contributed by atoms with Crippen LogP contribution in [-0.4, -0.2) is 38.8 Å². The average Bonchev–Trinajstić information content (AvgIpc) is 3.17. The zero-order valence-electron chi connectivity index (χ0n) is 13.3. The maximum absolute atomic E-state index is 13.4. The van der Waals surface area contributed by atoms with Gasteiger partial charge in [-0.05, 0) is 34.7 Å². The van der Waals surface area contributed by atoms with Gasteiger partial charge < -0.3 is 10.1 Å². The normalized spacial score (nSPS) is 10.2. The predicted octanol–water partition coefficient (Wildman–Crippen LogP) is 1.53. The summed E-state index contributed by atoms with van der Waals surface area (Å²) in [6, 6.07) is 11.5. The van der Waals surface area contributed by atoms with Crippen molar-refractivity contribution in [3.63, 3.8) is 0 Å². The lowest BCUT2D eigenvalue weighted by molar-refractivity contribution is -0.121. The van der Waals surface area contributed by atoms with Gasteiger partial charge in [0.25, 0.3) is 5.91 Å². The first-order valence-electron chi connectivity index (χ1n) is 7.43. The number of nitrogens with zero attached hydrogens (tertiary/aromatic N) is 4. The van der Waals surface area contributed by atoms with E-state index in [0.717, 1.165) is 0 Å². The SMILES string of the molecule is O=C(COc1cccc(-n2cnnn2)c1)NC(=O)Nc1ccccc1F. The number of amides is 3. The number of urea groups is 1. The number of carbonyl (C=O) groups is 2. The number of hydrogen-bond acceptors (Lipinski definition) is 6. The highest BCUT2D eigenvalue weighted by Crippen LogP contribution is 2.15. The number of benzene rings is 2. The summed E-state index contributed by atoms with van der Waals surface area (Å²) < 4.78 is 20.2. The number of hydrogen-bond donors (Lipinski definition) is 2. The smallest absolute Gasteiger partial charge is 0.326 e. The topological polar surface area (TPSA) is 111 Å². The van der Waals surface area contributed by atoms with Gasteiger partial charge in [-0.25, -0.2) is 13.9 Å². The number of ether oxygens (including phenoxy) is 1. The summed E-state index contributed by atoms with van der Waals surface area (Å²) in [6.07, 6.45) is 1.42. The number of para-hydroxylation sites is 1. The van der Waals surface area contributed by atoms with Crippen molar-refractivity contribution in [1.29, 1.82) is 0 Å². The number of anilines is 1. The van der Waals surface area contributed by atoms with Gasteiger partial charge in [0, 0.05) is 6.07 Å². The number of rotatable bonds is 5. The molecular weight excluding hydrogens is 343 g/mol. The van der Waals surface area contributed by atoms with Crippen molar-refractivity contribution in [3.05, 3.63) is 60.7 Å². The van der Waals surface area contributed by atoms with Crippen molar-refractivity contribution < 1.29 is 18.7 Å². The Balaban J connectivity index is 1.52. The van der Waals surface area contributed by atoms with E-state index in [0.29, 0.717) is 11.4 Å². The van der Waals surface area contributed by atoms with E-state index in [2.05, 4.69) is 20.8 Å². The Kier molecular flexibility index (Phi) is 5.13. The van der Waals surface area contributed by atoms with Crippen molar-refractivity contribution >= 4 is 17.6 Å². The molecule has 1 heterocycles. The molecule has 2 N–H and O–H groups in total. The lowest BCUT2D eigenvalue weighted by Gasteiger charge is -2.09. The molecule has 2 aromatic carbocycles. The maximum Gasteiger partial charge on any atom is 0.326 e. The first-order chi connectivity index (χ1) is 12.6. The number of halogens is 1. The van der Waals surface area contributed by atoms with Gasteiger partial charge >= 0.3 is 6.03 Å². The molecule has 0 saturated carbocycles. The molecule has 132 valence electrons. The van der Waals surface area contributed by atoms with Crippen LogP contribution in [0.2, 0.25) is 0 Å². The number of imide groups is 1. The lowest BCUT2D eigenvalue weighted by atomic mass is 10.3. The molecule has 0 saturated heterocycles. The summed E-state index contributed by atoms with van der Waals surface area (Å²) in [5.41, 5.74) is 0.609. The van der Waals surface area contributed by atoms with Gasteiger partial charge in [-0.3, -0.25) is 10.1 Å². The monoisotopic (exact) mass is 356 g/mol. The van der Waals surface area contributed by atoms with E-state index in [1.807, 2.05) is 5.32 Å². The third-order valence-electron chi connectivity index (χ3n) is 3.18. The molecule has 3 amide bonds. The second-order valence-electron chi connectivity index (χ2n) is 5.02. The fraction of sp³-hybridized carbons (Fsp3) is 0.0625. The maximum atomic E-state index is 13.4. The fourth-order valence-electron chi connectivity index (χ4n) is 2.02. The third-order valence-corrected chi connectivity index (χ3v) is 3.18. The summed E-state index contributed by atoms with van der Waals surface area (Å²) in [7, 11) is 0. The highest BCUT2D eigenvalue weighted by atomic mass is 19.1. The van der Waals surface area contributed by atoms with E-state index < -0.39 is 24.4 Å². The Morgan fingerprint density at radius 1 is 1.15 bits per heavy atom. The number of nitrogens with one attached hydrogen (secondary N) is 2. The van der Waals surface area contributed by atoms with E-state index in [4.69, 9.17) is 4.74 Å². The minimum atomic E-state index is -0.855. The molecule has 26 heavy (non-hydrogen) atoms. The largest absolute Gasteiger partial charge is 0.484 e. The molecular formula is C16H13FN6O3. The molecule has 3 aromatic rings. The first-order valence-corrected chi connectivity index (χ1v) is 7.43. The number of carbonyl (C=O) groups excluding carboxylic acids is 2. The van der Waals surface area contributed by atoms with Gasteiger partial charge in [0.2, 0.25) is 0 Å². The van der Waals surface area contributed by atoms with Crippen molar-refractivity contribution in [2.45, 2.75) is 0 Å². The van der Waals surface area contributed by atoms with Crippen molar-refractivity contribution in [1.82, 2.24) is 25.5 Å². The molecule has 0 radical (unpaired) electrons. The molecule has 0 aliphatic heterocycles. The van der Waals surface area contributed by atoms with Crippen LogP contribution < -0.4 is 15.4 Å². The Hall–Kier alpha value is -3.82. The summed E-state index contributed by atoms with van der Waals surface area (Å²) in [4.78, 5) is 23.5. The average molecular weight is 356 g/mol. The molecule has 10 heteroatoms. The van der Waals surface area contributed by atoms with Crippen molar-refractivity contribution in [2.75, 3.05) is 11.9 Å². The number of aromatic nitrogens is 4. The minimum absolute atomic E-state index is 0.0344. The van der Waals surface area contributed by atoms with E-state index >= 15 is 0 Å². The van der Waals surface area contributed by atoms with Crippen LogP contribution in [-0.2, 0) is 4.79 Å². The molecule has 3 rings (SSSR count). The van der Waals surface area contributed by atoms with Crippen molar-refractivity contribution in [2.24, 2.45) is 0 Å². The van der Waals surface area contributed by atoms with E-state index in [1.54, 1.807) is 30.3 Å². The van der Waals surface area contributed by atoms with Crippen LogP contribution in [0.25, 0.3) is 5.69 Å². The van der Waals surface area contributed by atoms with Crippen LogP contribution in [0.3, 0.4) is 0 Å². The van der Waals surface area contributed by atoms with Crippen LogP contribution in [0, 0.1) is 5.82 Å². The molecule has 0 aliphatic rings. The summed E-state index contributed by atoms with van der Waals surface area (Å²) >= 11 is 0. The predicted molar refractivity (Wildman–Crippen MR) is 88.2 cm³/mol.